The van der Waals surface area contributed by atoms with Crippen LogP contribution in [0.2, 0.25) is 0 Å². The summed E-state index contributed by atoms with van der Waals surface area (Å²) >= 11 is 0. The first-order valence-corrected chi connectivity index (χ1v) is 14.8. The summed E-state index contributed by atoms with van der Waals surface area (Å²) in [6.45, 7) is 11.5. The van der Waals surface area contributed by atoms with E-state index in [1.165, 1.54) is 6.42 Å². The van der Waals surface area contributed by atoms with Crippen molar-refractivity contribution >= 4 is 17.9 Å². The van der Waals surface area contributed by atoms with Crippen molar-refractivity contribution in [1.82, 2.24) is 15.5 Å². The van der Waals surface area contributed by atoms with Gasteiger partial charge in [0.15, 0.2) is 0 Å². The number of alkyl carbamates (subject to hydrolysis) is 1. The summed E-state index contributed by atoms with van der Waals surface area (Å²) < 4.78 is 5.51. The molecule has 2 aromatic rings. The van der Waals surface area contributed by atoms with Gasteiger partial charge in [-0.25, -0.2) is 4.79 Å². The third kappa shape index (κ3) is 9.23. The van der Waals surface area contributed by atoms with Crippen molar-refractivity contribution in [3.63, 3.8) is 0 Å². The Morgan fingerprint density at radius 3 is 2.17 bits per heavy atom. The molecule has 2 unspecified atom stereocenters. The maximum Gasteiger partial charge on any atom is 0.408 e. The van der Waals surface area contributed by atoms with Crippen LogP contribution in [0.1, 0.15) is 94.5 Å². The Labute approximate surface area is 244 Å². The van der Waals surface area contributed by atoms with Gasteiger partial charge in [0.1, 0.15) is 23.4 Å². The number of nitrogens with zero attached hydrogens (tertiary/aromatic N) is 1. The molecule has 0 aliphatic heterocycles. The van der Waals surface area contributed by atoms with E-state index in [0.29, 0.717) is 13.0 Å². The summed E-state index contributed by atoms with van der Waals surface area (Å²) in [5, 5.41) is 15.8. The number of carbonyl (C=O) groups is 3. The maximum absolute atomic E-state index is 14.5. The quantitative estimate of drug-likeness (QED) is 0.334. The van der Waals surface area contributed by atoms with Gasteiger partial charge < -0.3 is 25.4 Å². The van der Waals surface area contributed by atoms with E-state index in [4.69, 9.17) is 4.74 Å². The maximum atomic E-state index is 14.5. The Morgan fingerprint density at radius 2 is 1.61 bits per heavy atom. The lowest BCUT2D eigenvalue weighted by Gasteiger charge is -2.36. The van der Waals surface area contributed by atoms with E-state index in [2.05, 4.69) is 10.6 Å². The molecule has 0 radical (unpaired) electrons. The molecule has 41 heavy (non-hydrogen) atoms. The molecule has 224 valence electrons. The Kier molecular flexibility index (Phi) is 11.2. The van der Waals surface area contributed by atoms with E-state index in [9.17, 15) is 19.5 Å². The summed E-state index contributed by atoms with van der Waals surface area (Å²) in [7, 11) is 0. The molecule has 0 bridgehead atoms. The number of phenols is 1. The molecular weight excluding hydrogens is 518 g/mol. The molecule has 0 heterocycles. The third-order valence-electron chi connectivity index (χ3n) is 7.44. The van der Waals surface area contributed by atoms with Crippen LogP contribution < -0.4 is 10.6 Å². The second kappa shape index (κ2) is 14.4. The second-order valence-electron chi connectivity index (χ2n) is 12.2. The van der Waals surface area contributed by atoms with Crippen LogP contribution in [-0.4, -0.2) is 52.1 Å². The molecule has 1 aliphatic rings. The van der Waals surface area contributed by atoms with Gasteiger partial charge >= 0.3 is 6.09 Å². The molecule has 1 saturated carbocycles. The lowest BCUT2D eigenvalue weighted by molar-refractivity contribution is -0.143. The van der Waals surface area contributed by atoms with Crippen LogP contribution in [0, 0.1) is 13.8 Å². The number of aryl methyl sites for hydroxylation is 2. The number of aromatic hydroxyl groups is 1. The number of carbonyl (C=O) groups excluding carboxylic acids is 3. The van der Waals surface area contributed by atoms with Crippen LogP contribution in [0.3, 0.4) is 0 Å². The second-order valence-corrected chi connectivity index (χ2v) is 12.2. The first kappa shape index (κ1) is 32.0. The molecule has 2 atom stereocenters. The van der Waals surface area contributed by atoms with Crippen molar-refractivity contribution in [2.75, 3.05) is 6.54 Å². The minimum Gasteiger partial charge on any atom is -0.508 e. The van der Waals surface area contributed by atoms with Gasteiger partial charge in [0.25, 0.3) is 0 Å². The van der Waals surface area contributed by atoms with Gasteiger partial charge in [-0.05, 0) is 88.3 Å². The van der Waals surface area contributed by atoms with Crippen molar-refractivity contribution < 1.29 is 24.2 Å². The van der Waals surface area contributed by atoms with Crippen molar-refractivity contribution in [3.05, 3.63) is 64.7 Å². The zero-order valence-electron chi connectivity index (χ0n) is 25.5. The number of nitrogens with one attached hydrogen (secondary N) is 2. The summed E-state index contributed by atoms with van der Waals surface area (Å²) in [6, 6.07) is 10.6. The van der Waals surface area contributed by atoms with E-state index in [-0.39, 0.29) is 30.0 Å². The van der Waals surface area contributed by atoms with Gasteiger partial charge in [0.2, 0.25) is 11.8 Å². The monoisotopic (exact) mass is 565 g/mol. The van der Waals surface area contributed by atoms with Crippen LogP contribution in [0.4, 0.5) is 4.79 Å². The van der Waals surface area contributed by atoms with Crippen LogP contribution in [-0.2, 0) is 20.7 Å². The molecule has 8 nitrogen and oxygen atoms in total. The summed E-state index contributed by atoms with van der Waals surface area (Å²) in [6.07, 6.45) is 5.26. The standard InChI is InChI=1S/C33H47N3O5/c1-7-20-36(29(28-22(2)12-11-13-23(28)3)30(38)34-25-14-9-8-10-15-25)31(39)27(35-32(40)41-33(4,5)6)21-24-16-18-26(37)19-17-24/h11-13,16-19,25,27,29,37H,7-10,14-15,20-21H2,1-6H3,(H,34,38)(H,35,40). The number of rotatable bonds is 10. The van der Waals surface area contributed by atoms with Crippen LogP contribution in [0.5, 0.6) is 5.75 Å². The minimum atomic E-state index is -0.991. The van der Waals surface area contributed by atoms with Gasteiger partial charge in [-0.3, -0.25) is 9.59 Å². The minimum absolute atomic E-state index is 0.0781. The van der Waals surface area contributed by atoms with E-state index >= 15 is 0 Å². The predicted octanol–water partition coefficient (Wildman–Crippen LogP) is 5.87. The van der Waals surface area contributed by atoms with E-state index in [0.717, 1.165) is 47.9 Å². The lowest BCUT2D eigenvalue weighted by Crippen LogP contribution is -2.55. The molecule has 0 aromatic heterocycles. The van der Waals surface area contributed by atoms with Gasteiger partial charge in [0.05, 0.1) is 0 Å². The number of ether oxygens (including phenoxy) is 1. The smallest absolute Gasteiger partial charge is 0.408 e. The van der Waals surface area contributed by atoms with E-state index < -0.39 is 23.8 Å². The number of benzene rings is 2. The molecule has 2 aromatic carbocycles. The van der Waals surface area contributed by atoms with Crippen molar-refractivity contribution in [2.45, 2.75) is 110 Å². The molecule has 1 fully saturated rings. The Balaban J connectivity index is 2.04. The molecular formula is C33H47N3O5. The van der Waals surface area contributed by atoms with Gasteiger partial charge in [-0.2, -0.15) is 0 Å². The topological polar surface area (TPSA) is 108 Å². The number of hydrogen-bond donors (Lipinski definition) is 3. The predicted molar refractivity (Wildman–Crippen MR) is 161 cm³/mol. The number of hydrogen-bond acceptors (Lipinski definition) is 5. The molecule has 8 heteroatoms. The summed E-state index contributed by atoms with van der Waals surface area (Å²) in [5.74, 6) is -0.451. The molecule has 3 amide bonds. The number of phenolic OH excluding ortho intramolecular Hbond substituents is 1. The van der Waals surface area contributed by atoms with E-state index in [1.807, 2.05) is 39.0 Å². The number of amides is 3. The highest BCUT2D eigenvalue weighted by Gasteiger charge is 2.38. The average Bonchev–Trinajstić information content (AvgIpc) is 2.90. The third-order valence-corrected chi connectivity index (χ3v) is 7.44. The first-order chi connectivity index (χ1) is 19.4. The largest absolute Gasteiger partial charge is 0.508 e. The lowest BCUT2D eigenvalue weighted by atomic mass is 9.91. The fourth-order valence-corrected chi connectivity index (χ4v) is 5.54. The Morgan fingerprint density at radius 1 is 1.00 bits per heavy atom. The normalized spacial score (nSPS) is 15.5. The highest BCUT2D eigenvalue weighted by Crippen LogP contribution is 2.30. The van der Waals surface area contributed by atoms with Gasteiger partial charge in [-0.1, -0.05) is 56.5 Å². The highest BCUT2D eigenvalue weighted by atomic mass is 16.6. The van der Waals surface area contributed by atoms with Crippen molar-refractivity contribution in [3.8, 4) is 5.75 Å². The molecule has 0 spiro atoms. The molecule has 0 saturated heterocycles. The van der Waals surface area contributed by atoms with E-state index in [1.54, 1.807) is 49.9 Å². The Bertz CT molecular complexity index is 1160. The van der Waals surface area contributed by atoms with Crippen LogP contribution in [0.15, 0.2) is 42.5 Å². The summed E-state index contributed by atoms with van der Waals surface area (Å²) in [5.41, 5.74) is 2.67. The molecule has 3 N–H and O–H groups in total. The van der Waals surface area contributed by atoms with Crippen molar-refractivity contribution in [2.24, 2.45) is 0 Å². The molecule has 3 rings (SSSR count). The fraction of sp³-hybridized carbons (Fsp3) is 0.545. The molecule has 1 aliphatic carbocycles. The van der Waals surface area contributed by atoms with Crippen LogP contribution in [0.25, 0.3) is 0 Å². The Hall–Kier alpha value is -3.55. The fourth-order valence-electron chi connectivity index (χ4n) is 5.54. The zero-order valence-corrected chi connectivity index (χ0v) is 25.5. The van der Waals surface area contributed by atoms with Gasteiger partial charge in [-0.15, -0.1) is 0 Å². The highest BCUT2D eigenvalue weighted by molar-refractivity contribution is 5.93. The average molecular weight is 566 g/mol. The van der Waals surface area contributed by atoms with Crippen molar-refractivity contribution in [1.29, 1.82) is 0 Å². The van der Waals surface area contributed by atoms with Crippen LogP contribution >= 0.6 is 0 Å². The summed E-state index contributed by atoms with van der Waals surface area (Å²) in [4.78, 5) is 43.1. The SMILES string of the molecule is CCCN(C(=O)C(Cc1ccc(O)cc1)NC(=O)OC(C)(C)C)C(C(=O)NC1CCCCC1)c1c(C)cccc1C. The first-order valence-electron chi connectivity index (χ1n) is 14.8. The van der Waals surface area contributed by atoms with Gasteiger partial charge in [0, 0.05) is 19.0 Å². The zero-order chi connectivity index (χ0) is 30.2.